The van der Waals surface area contributed by atoms with Gasteiger partial charge in [0.15, 0.2) is 0 Å². The zero-order valence-electron chi connectivity index (χ0n) is 7.72. The number of rotatable bonds is 5. The van der Waals surface area contributed by atoms with Crippen LogP contribution in [0.25, 0.3) is 0 Å². The van der Waals surface area contributed by atoms with Gasteiger partial charge in [0.1, 0.15) is 0 Å². The molecular weight excluding hydrogens is 150 g/mol. The van der Waals surface area contributed by atoms with Gasteiger partial charge in [0.25, 0.3) is 0 Å². The molecule has 2 N–H and O–H groups in total. The molecule has 0 spiro atoms. The first-order valence-corrected chi connectivity index (χ1v) is 4.77. The van der Waals surface area contributed by atoms with Crippen LogP contribution >= 0.6 is 0 Å². The molecule has 2 nitrogen and oxygen atoms in total. The topological polar surface area (TPSA) is 35.2 Å². The van der Waals surface area contributed by atoms with Crippen LogP contribution in [0.2, 0.25) is 0 Å². The molecule has 0 heterocycles. The van der Waals surface area contributed by atoms with Crippen molar-refractivity contribution in [2.24, 2.45) is 11.7 Å². The molecule has 0 unspecified atom stereocenters. The van der Waals surface area contributed by atoms with Crippen molar-refractivity contribution in [3.8, 4) is 0 Å². The monoisotopic (exact) mass is 169 g/mol. The number of ether oxygens (including phenoxy) is 1. The van der Waals surface area contributed by atoms with Gasteiger partial charge in [0.2, 0.25) is 0 Å². The summed E-state index contributed by atoms with van der Waals surface area (Å²) >= 11 is 0. The van der Waals surface area contributed by atoms with Crippen molar-refractivity contribution in [1.82, 2.24) is 0 Å². The highest BCUT2D eigenvalue weighted by atomic mass is 16.5. The Labute approximate surface area is 74.8 Å². The van der Waals surface area contributed by atoms with Gasteiger partial charge in [-0.3, -0.25) is 0 Å². The second-order valence-corrected chi connectivity index (χ2v) is 3.62. The summed E-state index contributed by atoms with van der Waals surface area (Å²) in [5.41, 5.74) is 6.38. The molecule has 0 amide bonds. The Morgan fingerprint density at radius 1 is 1.42 bits per heavy atom. The van der Waals surface area contributed by atoms with E-state index >= 15 is 0 Å². The molecule has 1 aliphatic carbocycles. The largest absolute Gasteiger partial charge is 0.377 e. The molecular formula is C10H19NO. The van der Waals surface area contributed by atoms with Crippen molar-refractivity contribution in [1.29, 1.82) is 0 Å². The minimum absolute atomic E-state index is 0.546. The third-order valence-electron chi connectivity index (χ3n) is 2.42. The first-order chi connectivity index (χ1) is 5.83. The molecule has 12 heavy (non-hydrogen) atoms. The predicted molar refractivity (Wildman–Crippen MR) is 51.0 cm³/mol. The summed E-state index contributed by atoms with van der Waals surface area (Å²) in [5.74, 6) is 0.801. The molecule has 0 bridgehead atoms. The van der Waals surface area contributed by atoms with Crippen LogP contribution in [0.3, 0.4) is 0 Å². The Morgan fingerprint density at radius 2 is 2.08 bits per heavy atom. The van der Waals surface area contributed by atoms with E-state index in [-0.39, 0.29) is 0 Å². The third-order valence-corrected chi connectivity index (χ3v) is 2.42. The van der Waals surface area contributed by atoms with E-state index in [1.54, 1.807) is 0 Å². The van der Waals surface area contributed by atoms with Crippen LogP contribution in [0.4, 0.5) is 0 Å². The fourth-order valence-electron chi connectivity index (χ4n) is 1.61. The maximum atomic E-state index is 5.49. The van der Waals surface area contributed by atoms with Gasteiger partial charge in [0.05, 0.1) is 6.61 Å². The molecule has 0 aliphatic heterocycles. The van der Waals surface area contributed by atoms with Crippen LogP contribution in [0, 0.1) is 5.92 Å². The van der Waals surface area contributed by atoms with E-state index in [0.717, 1.165) is 18.1 Å². The van der Waals surface area contributed by atoms with Gasteiger partial charge in [-0.2, -0.15) is 0 Å². The van der Waals surface area contributed by atoms with Gasteiger partial charge in [-0.15, -0.1) is 0 Å². The summed E-state index contributed by atoms with van der Waals surface area (Å²) < 4.78 is 5.49. The van der Waals surface area contributed by atoms with E-state index in [0.29, 0.717) is 13.2 Å². The fourth-order valence-corrected chi connectivity index (χ4v) is 1.61. The van der Waals surface area contributed by atoms with Crippen LogP contribution in [0.15, 0.2) is 12.2 Å². The van der Waals surface area contributed by atoms with Crippen LogP contribution < -0.4 is 5.73 Å². The Hall–Kier alpha value is -0.340. The van der Waals surface area contributed by atoms with Crippen LogP contribution in [0.1, 0.15) is 25.7 Å². The fraction of sp³-hybridized carbons (Fsp3) is 0.800. The normalized spacial score (nSPS) is 18.4. The van der Waals surface area contributed by atoms with Crippen molar-refractivity contribution in [3.05, 3.63) is 12.2 Å². The molecule has 0 aromatic rings. The van der Waals surface area contributed by atoms with Crippen molar-refractivity contribution in [2.75, 3.05) is 19.8 Å². The first kappa shape index (κ1) is 9.75. The Bertz CT molecular complexity index is 139. The van der Waals surface area contributed by atoms with E-state index in [2.05, 4.69) is 6.58 Å². The number of hydrogen-bond acceptors (Lipinski definition) is 2. The van der Waals surface area contributed by atoms with Crippen LogP contribution in [0.5, 0.6) is 0 Å². The minimum Gasteiger partial charge on any atom is -0.377 e. The second-order valence-electron chi connectivity index (χ2n) is 3.62. The first-order valence-electron chi connectivity index (χ1n) is 4.77. The van der Waals surface area contributed by atoms with Crippen molar-refractivity contribution < 1.29 is 4.74 Å². The van der Waals surface area contributed by atoms with E-state index < -0.39 is 0 Å². The highest BCUT2D eigenvalue weighted by molar-refractivity contribution is 4.95. The zero-order chi connectivity index (χ0) is 8.81. The quantitative estimate of drug-likeness (QED) is 0.636. The van der Waals surface area contributed by atoms with E-state index in [1.807, 2.05) is 0 Å². The predicted octanol–water partition coefficient (Wildman–Crippen LogP) is 1.71. The molecule has 1 rings (SSSR count). The highest BCUT2D eigenvalue weighted by Gasteiger charge is 2.14. The summed E-state index contributed by atoms with van der Waals surface area (Å²) in [5, 5.41) is 0. The molecule has 0 radical (unpaired) electrons. The molecule has 1 fully saturated rings. The highest BCUT2D eigenvalue weighted by Crippen LogP contribution is 2.24. The summed E-state index contributed by atoms with van der Waals surface area (Å²) in [6, 6.07) is 0. The van der Waals surface area contributed by atoms with Gasteiger partial charge in [-0.05, 0) is 24.3 Å². The van der Waals surface area contributed by atoms with E-state index in [4.69, 9.17) is 10.5 Å². The summed E-state index contributed by atoms with van der Waals surface area (Å²) in [6.45, 7) is 5.88. The maximum Gasteiger partial charge on any atom is 0.0686 e. The average Bonchev–Trinajstić information content (AvgIpc) is 2.57. The Morgan fingerprint density at radius 3 is 2.67 bits per heavy atom. The van der Waals surface area contributed by atoms with E-state index in [9.17, 15) is 0 Å². The molecule has 0 aromatic heterocycles. The lowest BCUT2D eigenvalue weighted by Gasteiger charge is -2.09. The van der Waals surface area contributed by atoms with Gasteiger partial charge in [0, 0.05) is 13.2 Å². The van der Waals surface area contributed by atoms with Crippen LogP contribution in [-0.2, 0) is 4.74 Å². The van der Waals surface area contributed by atoms with Crippen molar-refractivity contribution >= 4 is 0 Å². The summed E-state index contributed by atoms with van der Waals surface area (Å²) in [4.78, 5) is 0. The number of hydrogen-bond donors (Lipinski definition) is 1. The zero-order valence-corrected chi connectivity index (χ0v) is 7.72. The maximum absolute atomic E-state index is 5.49. The van der Waals surface area contributed by atoms with Crippen molar-refractivity contribution in [3.63, 3.8) is 0 Å². The average molecular weight is 169 g/mol. The Balaban J connectivity index is 1.97. The molecule has 70 valence electrons. The Kier molecular flexibility index (Phi) is 4.33. The standard InChI is InChI=1S/C10H19NO/c1-9(6-11)7-12-8-10-4-2-3-5-10/h10H,1-8,11H2. The van der Waals surface area contributed by atoms with Gasteiger partial charge in [-0.1, -0.05) is 19.4 Å². The summed E-state index contributed by atoms with van der Waals surface area (Å²) in [7, 11) is 0. The lowest BCUT2D eigenvalue weighted by molar-refractivity contribution is 0.119. The van der Waals surface area contributed by atoms with Gasteiger partial charge in [-0.25, -0.2) is 0 Å². The van der Waals surface area contributed by atoms with Gasteiger partial charge < -0.3 is 10.5 Å². The molecule has 1 saturated carbocycles. The van der Waals surface area contributed by atoms with Crippen molar-refractivity contribution in [2.45, 2.75) is 25.7 Å². The molecule has 1 aliphatic rings. The summed E-state index contributed by atoms with van der Waals surface area (Å²) in [6.07, 6.45) is 5.45. The molecule has 0 atom stereocenters. The minimum atomic E-state index is 0.546. The second kappa shape index (κ2) is 5.33. The van der Waals surface area contributed by atoms with Gasteiger partial charge >= 0.3 is 0 Å². The SMILES string of the molecule is C=C(CN)COCC1CCCC1. The smallest absolute Gasteiger partial charge is 0.0686 e. The third kappa shape index (κ3) is 3.37. The van der Waals surface area contributed by atoms with Crippen LogP contribution in [-0.4, -0.2) is 19.8 Å². The van der Waals surface area contributed by atoms with E-state index in [1.165, 1.54) is 25.7 Å². The lowest BCUT2D eigenvalue weighted by Crippen LogP contribution is -2.11. The molecule has 0 aromatic carbocycles. The number of nitrogens with two attached hydrogens (primary N) is 1. The molecule has 0 saturated heterocycles. The lowest BCUT2D eigenvalue weighted by atomic mass is 10.1. The molecule has 2 heteroatoms.